The average molecular weight is 395 g/mol. The van der Waals surface area contributed by atoms with E-state index in [2.05, 4.69) is 20.6 Å². The molecule has 28 heavy (non-hydrogen) atoms. The van der Waals surface area contributed by atoms with Crippen LogP contribution in [0.1, 0.15) is 26.1 Å². The predicted octanol–water partition coefficient (Wildman–Crippen LogP) is 4.27. The van der Waals surface area contributed by atoms with Gasteiger partial charge in [0.25, 0.3) is 0 Å². The van der Waals surface area contributed by atoms with E-state index in [-0.39, 0.29) is 17.6 Å². The van der Waals surface area contributed by atoms with E-state index >= 15 is 0 Å². The van der Waals surface area contributed by atoms with Gasteiger partial charge in [-0.15, -0.1) is 0 Å². The first-order valence-electron chi connectivity index (χ1n) is 9.17. The summed E-state index contributed by atoms with van der Waals surface area (Å²) in [5.74, 6) is 0.794. The molecule has 3 aromatic rings. The van der Waals surface area contributed by atoms with Crippen molar-refractivity contribution in [3.8, 4) is 0 Å². The molecule has 3 rings (SSSR count). The molecule has 6 nitrogen and oxygen atoms in total. The molecule has 2 amide bonds. The molecular weight excluding hydrogens is 372 g/mol. The van der Waals surface area contributed by atoms with Gasteiger partial charge in [0.2, 0.25) is 11.8 Å². The lowest BCUT2D eigenvalue weighted by atomic mass is 10.2. The second-order valence-corrected chi connectivity index (χ2v) is 7.10. The van der Waals surface area contributed by atoms with Crippen LogP contribution in [0.15, 0.2) is 53.6 Å². The number of thioether (sulfide) groups is 1. The summed E-state index contributed by atoms with van der Waals surface area (Å²) < 4.78 is 0. The third-order valence-corrected chi connectivity index (χ3v) is 5.01. The molecule has 0 saturated heterocycles. The lowest BCUT2D eigenvalue weighted by Crippen LogP contribution is -2.15. The number of fused-ring (bicyclic) bond motifs is 1. The number of carbonyl (C=O) groups excluding carboxylic acids is 2. The minimum absolute atomic E-state index is 0.0681. The Balaban J connectivity index is 1.67. The molecule has 0 aliphatic rings. The number of carbonyl (C=O) groups is 2. The van der Waals surface area contributed by atoms with Gasteiger partial charge < -0.3 is 10.6 Å². The number of nitrogens with zero attached hydrogens (tertiary/aromatic N) is 2. The van der Waals surface area contributed by atoms with E-state index in [1.165, 1.54) is 11.8 Å². The fourth-order valence-electron chi connectivity index (χ4n) is 2.62. The highest BCUT2D eigenvalue weighted by molar-refractivity contribution is 8.00. The molecular formula is C21H22N4O2S. The Morgan fingerprint density at radius 2 is 1.64 bits per heavy atom. The van der Waals surface area contributed by atoms with Gasteiger partial charge in [0, 0.05) is 29.6 Å². The Bertz CT molecular complexity index is 1010. The van der Waals surface area contributed by atoms with Crippen LogP contribution >= 0.6 is 11.8 Å². The van der Waals surface area contributed by atoms with Crippen LogP contribution in [-0.4, -0.2) is 27.5 Å². The zero-order valence-electron chi connectivity index (χ0n) is 15.9. The highest BCUT2D eigenvalue weighted by Gasteiger charge is 2.10. The first-order chi connectivity index (χ1) is 13.6. The second kappa shape index (κ2) is 9.32. The molecule has 0 aliphatic carbocycles. The number of anilines is 2. The van der Waals surface area contributed by atoms with Gasteiger partial charge in [-0.25, -0.2) is 9.97 Å². The molecule has 0 atom stereocenters. The van der Waals surface area contributed by atoms with Crippen molar-refractivity contribution in [1.82, 2.24) is 9.97 Å². The number of aryl methyl sites for hydroxylation is 1. The lowest BCUT2D eigenvalue weighted by molar-refractivity contribution is -0.116. The summed E-state index contributed by atoms with van der Waals surface area (Å²) in [7, 11) is 0. The van der Waals surface area contributed by atoms with Crippen molar-refractivity contribution in [3.63, 3.8) is 0 Å². The predicted molar refractivity (Wildman–Crippen MR) is 114 cm³/mol. The molecule has 1 heterocycles. The Labute approximate surface area is 168 Å². The quantitative estimate of drug-likeness (QED) is 0.462. The molecule has 144 valence electrons. The number of para-hydroxylation sites is 1. The first kappa shape index (κ1) is 19.8. The minimum Gasteiger partial charge on any atom is -0.326 e. The standard InChI is InChI=1S/C21H22N4O2S/c1-3-18-24-17-11-6-5-10-16(17)21(25-18)28-13-20(27)23-15-9-7-8-14(12-15)22-19(26)4-2/h5-12H,3-4,13H2,1-2H3,(H,22,26)(H,23,27). The second-order valence-electron chi connectivity index (χ2n) is 6.14. The monoisotopic (exact) mass is 394 g/mol. The van der Waals surface area contributed by atoms with E-state index in [4.69, 9.17) is 0 Å². The molecule has 0 fully saturated rings. The van der Waals surface area contributed by atoms with Crippen LogP contribution in [0.2, 0.25) is 0 Å². The molecule has 0 saturated carbocycles. The smallest absolute Gasteiger partial charge is 0.234 e. The van der Waals surface area contributed by atoms with Gasteiger partial charge >= 0.3 is 0 Å². The number of benzene rings is 2. The van der Waals surface area contributed by atoms with Crippen LogP contribution < -0.4 is 10.6 Å². The van der Waals surface area contributed by atoms with Crippen molar-refractivity contribution in [1.29, 1.82) is 0 Å². The van der Waals surface area contributed by atoms with Crippen LogP contribution in [0, 0.1) is 0 Å². The van der Waals surface area contributed by atoms with E-state index in [1.807, 2.05) is 31.2 Å². The third kappa shape index (κ3) is 5.07. The highest BCUT2D eigenvalue weighted by atomic mass is 32.2. The molecule has 7 heteroatoms. The number of hydrogen-bond acceptors (Lipinski definition) is 5. The van der Waals surface area contributed by atoms with Crippen molar-refractivity contribution in [3.05, 3.63) is 54.4 Å². The lowest BCUT2D eigenvalue weighted by Gasteiger charge is -2.09. The summed E-state index contributed by atoms with van der Waals surface area (Å²) in [4.78, 5) is 33.0. The molecule has 0 radical (unpaired) electrons. The molecule has 0 bridgehead atoms. The zero-order chi connectivity index (χ0) is 19.9. The minimum atomic E-state index is -0.135. The largest absolute Gasteiger partial charge is 0.326 e. The number of rotatable bonds is 7. The molecule has 2 N–H and O–H groups in total. The van der Waals surface area contributed by atoms with Crippen molar-refractivity contribution in [2.45, 2.75) is 31.7 Å². The van der Waals surface area contributed by atoms with E-state index in [1.54, 1.807) is 31.2 Å². The van der Waals surface area contributed by atoms with Crippen LogP contribution in [0.3, 0.4) is 0 Å². The van der Waals surface area contributed by atoms with E-state index < -0.39 is 0 Å². The fourth-order valence-corrected chi connectivity index (χ4v) is 3.45. The first-order valence-corrected chi connectivity index (χ1v) is 10.2. The van der Waals surface area contributed by atoms with Crippen molar-refractivity contribution >= 4 is 45.9 Å². The van der Waals surface area contributed by atoms with Crippen molar-refractivity contribution in [2.75, 3.05) is 16.4 Å². The molecule has 0 aliphatic heterocycles. The molecule has 0 unspecified atom stereocenters. The van der Waals surface area contributed by atoms with Gasteiger partial charge in [-0.05, 0) is 24.3 Å². The fraction of sp³-hybridized carbons (Fsp3) is 0.238. The van der Waals surface area contributed by atoms with Crippen LogP contribution in [0.4, 0.5) is 11.4 Å². The average Bonchev–Trinajstić information content (AvgIpc) is 2.71. The summed E-state index contributed by atoms with van der Waals surface area (Å²) >= 11 is 1.39. The number of aromatic nitrogens is 2. The maximum absolute atomic E-state index is 12.4. The summed E-state index contributed by atoms with van der Waals surface area (Å²) in [6, 6.07) is 14.9. The Morgan fingerprint density at radius 3 is 2.36 bits per heavy atom. The maximum atomic E-state index is 12.4. The molecule has 0 spiro atoms. The van der Waals surface area contributed by atoms with Crippen LogP contribution in [-0.2, 0) is 16.0 Å². The molecule has 2 aromatic carbocycles. The van der Waals surface area contributed by atoms with Gasteiger partial charge in [0.15, 0.2) is 0 Å². The summed E-state index contributed by atoms with van der Waals surface area (Å²) in [6.07, 6.45) is 1.14. The zero-order valence-corrected chi connectivity index (χ0v) is 16.7. The van der Waals surface area contributed by atoms with Crippen molar-refractivity contribution < 1.29 is 9.59 Å². The van der Waals surface area contributed by atoms with E-state index in [0.29, 0.717) is 17.8 Å². The summed E-state index contributed by atoms with van der Waals surface area (Å²) in [6.45, 7) is 3.80. The van der Waals surface area contributed by atoms with Crippen LogP contribution in [0.25, 0.3) is 10.9 Å². The number of amides is 2. The highest BCUT2D eigenvalue weighted by Crippen LogP contribution is 2.25. The van der Waals surface area contributed by atoms with Gasteiger partial charge in [-0.3, -0.25) is 9.59 Å². The van der Waals surface area contributed by atoms with Gasteiger partial charge in [0.1, 0.15) is 10.9 Å². The maximum Gasteiger partial charge on any atom is 0.234 e. The number of nitrogens with one attached hydrogen (secondary N) is 2. The molecule has 1 aromatic heterocycles. The van der Waals surface area contributed by atoms with E-state index in [0.717, 1.165) is 28.2 Å². The topological polar surface area (TPSA) is 84.0 Å². The number of hydrogen-bond donors (Lipinski definition) is 2. The third-order valence-electron chi connectivity index (χ3n) is 4.02. The van der Waals surface area contributed by atoms with E-state index in [9.17, 15) is 9.59 Å². The van der Waals surface area contributed by atoms with Gasteiger partial charge in [-0.2, -0.15) is 0 Å². The van der Waals surface area contributed by atoms with Gasteiger partial charge in [-0.1, -0.05) is 49.9 Å². The Hall–Kier alpha value is -2.93. The Kier molecular flexibility index (Phi) is 6.60. The summed E-state index contributed by atoms with van der Waals surface area (Å²) in [5.41, 5.74) is 2.18. The van der Waals surface area contributed by atoms with Crippen LogP contribution in [0.5, 0.6) is 0 Å². The summed E-state index contributed by atoms with van der Waals surface area (Å²) in [5, 5.41) is 7.40. The van der Waals surface area contributed by atoms with Crippen molar-refractivity contribution in [2.24, 2.45) is 0 Å². The SMILES string of the molecule is CCC(=O)Nc1cccc(NC(=O)CSc2nc(CC)nc3ccccc23)c1. The van der Waals surface area contributed by atoms with Gasteiger partial charge in [0.05, 0.1) is 11.3 Å². The Morgan fingerprint density at radius 1 is 0.929 bits per heavy atom. The normalized spacial score (nSPS) is 10.6.